The first kappa shape index (κ1) is 14.6. The molecule has 1 aromatic heterocycles. The first-order chi connectivity index (χ1) is 9.67. The molecule has 0 unspecified atom stereocenters. The Bertz CT molecular complexity index is 577. The van der Waals surface area contributed by atoms with E-state index < -0.39 is 0 Å². The summed E-state index contributed by atoms with van der Waals surface area (Å²) < 4.78 is 0. The lowest BCUT2D eigenvalue weighted by atomic mass is 10.1. The number of carbonyl (C=O) groups is 1. The molecule has 0 saturated heterocycles. The van der Waals surface area contributed by atoms with E-state index in [4.69, 9.17) is 5.73 Å². The number of benzene rings is 1. The molecule has 0 aliphatic rings. The van der Waals surface area contributed by atoms with Crippen LogP contribution in [-0.4, -0.2) is 5.91 Å². The highest BCUT2D eigenvalue weighted by molar-refractivity contribution is 7.11. The van der Waals surface area contributed by atoms with Gasteiger partial charge in [-0.1, -0.05) is 19.1 Å². The minimum absolute atomic E-state index is 0.0823. The van der Waals surface area contributed by atoms with Gasteiger partial charge in [-0.25, -0.2) is 0 Å². The van der Waals surface area contributed by atoms with E-state index >= 15 is 0 Å². The number of amides is 1. The minimum Gasteiger partial charge on any atom is -0.399 e. The molecule has 0 aliphatic heterocycles. The van der Waals surface area contributed by atoms with Gasteiger partial charge < -0.3 is 11.1 Å². The molecular weight excluding hydrogens is 268 g/mol. The SMILES string of the molecule is CCc1ccc(CNC(=O)CCc2cccc(N)c2)s1. The van der Waals surface area contributed by atoms with Crippen LogP contribution in [0.2, 0.25) is 0 Å². The van der Waals surface area contributed by atoms with Crippen molar-refractivity contribution in [2.24, 2.45) is 0 Å². The van der Waals surface area contributed by atoms with E-state index in [1.54, 1.807) is 11.3 Å². The Morgan fingerprint density at radius 3 is 2.75 bits per heavy atom. The maximum atomic E-state index is 11.8. The second-order valence-corrected chi connectivity index (χ2v) is 6.00. The Balaban J connectivity index is 1.75. The second kappa shape index (κ2) is 7.10. The van der Waals surface area contributed by atoms with Gasteiger partial charge >= 0.3 is 0 Å². The number of nitrogens with one attached hydrogen (secondary N) is 1. The zero-order valence-corrected chi connectivity index (χ0v) is 12.5. The summed E-state index contributed by atoms with van der Waals surface area (Å²) in [6.07, 6.45) is 2.27. The van der Waals surface area contributed by atoms with Gasteiger partial charge in [0.1, 0.15) is 0 Å². The molecule has 0 fully saturated rings. The summed E-state index contributed by atoms with van der Waals surface area (Å²) in [4.78, 5) is 14.4. The quantitative estimate of drug-likeness (QED) is 0.802. The van der Waals surface area contributed by atoms with Crippen LogP contribution in [0.5, 0.6) is 0 Å². The van der Waals surface area contributed by atoms with Crippen molar-refractivity contribution in [1.82, 2.24) is 5.32 Å². The number of thiophene rings is 1. The van der Waals surface area contributed by atoms with Crippen LogP contribution in [0.3, 0.4) is 0 Å². The Kier molecular flexibility index (Phi) is 5.18. The monoisotopic (exact) mass is 288 g/mol. The fourth-order valence-corrected chi connectivity index (χ4v) is 2.89. The van der Waals surface area contributed by atoms with Gasteiger partial charge in [-0.15, -0.1) is 11.3 Å². The summed E-state index contributed by atoms with van der Waals surface area (Å²) in [7, 11) is 0. The van der Waals surface area contributed by atoms with Crippen LogP contribution in [0, 0.1) is 0 Å². The van der Waals surface area contributed by atoms with Crippen LogP contribution < -0.4 is 11.1 Å². The second-order valence-electron chi connectivity index (χ2n) is 4.74. The molecule has 0 bridgehead atoms. The molecule has 2 aromatic rings. The van der Waals surface area contributed by atoms with Gasteiger partial charge in [0, 0.05) is 21.9 Å². The smallest absolute Gasteiger partial charge is 0.220 e. The maximum absolute atomic E-state index is 11.8. The van der Waals surface area contributed by atoms with Gasteiger partial charge in [0.2, 0.25) is 5.91 Å². The van der Waals surface area contributed by atoms with E-state index in [9.17, 15) is 4.79 Å². The fourth-order valence-electron chi connectivity index (χ4n) is 1.99. The number of carbonyl (C=O) groups excluding carboxylic acids is 1. The van der Waals surface area contributed by atoms with E-state index in [2.05, 4.69) is 24.4 Å². The fraction of sp³-hybridized carbons (Fsp3) is 0.312. The molecule has 0 radical (unpaired) electrons. The lowest BCUT2D eigenvalue weighted by molar-refractivity contribution is -0.121. The third-order valence-corrected chi connectivity index (χ3v) is 4.35. The predicted molar refractivity (Wildman–Crippen MR) is 84.7 cm³/mol. The van der Waals surface area contributed by atoms with Gasteiger partial charge in [0.15, 0.2) is 0 Å². The van der Waals surface area contributed by atoms with Crippen molar-refractivity contribution in [2.75, 3.05) is 5.73 Å². The molecule has 0 atom stereocenters. The average Bonchev–Trinajstić information content (AvgIpc) is 2.91. The zero-order valence-electron chi connectivity index (χ0n) is 11.7. The molecule has 0 spiro atoms. The number of hydrogen-bond acceptors (Lipinski definition) is 3. The van der Waals surface area contributed by atoms with Crippen LogP contribution >= 0.6 is 11.3 Å². The molecule has 0 aliphatic carbocycles. The molecule has 1 amide bonds. The van der Waals surface area contributed by atoms with Crippen LogP contribution in [0.1, 0.15) is 28.7 Å². The number of hydrogen-bond donors (Lipinski definition) is 2. The van der Waals surface area contributed by atoms with E-state index in [0.29, 0.717) is 13.0 Å². The summed E-state index contributed by atoms with van der Waals surface area (Å²) in [6.45, 7) is 2.76. The molecule has 3 N–H and O–H groups in total. The summed E-state index contributed by atoms with van der Waals surface area (Å²) in [5, 5.41) is 2.96. The Morgan fingerprint density at radius 1 is 1.25 bits per heavy atom. The van der Waals surface area contributed by atoms with E-state index in [1.807, 2.05) is 24.3 Å². The normalized spacial score (nSPS) is 10.4. The van der Waals surface area contributed by atoms with Gasteiger partial charge in [0.05, 0.1) is 6.54 Å². The van der Waals surface area contributed by atoms with E-state index in [1.165, 1.54) is 9.75 Å². The number of aryl methyl sites for hydroxylation is 2. The van der Waals surface area contributed by atoms with Crippen molar-refractivity contribution in [1.29, 1.82) is 0 Å². The standard InChI is InChI=1S/C16H20N2OS/c1-2-14-7-8-15(20-14)11-18-16(19)9-6-12-4-3-5-13(17)10-12/h3-5,7-8,10H,2,6,9,11,17H2,1H3,(H,18,19). The third-order valence-electron chi connectivity index (χ3n) is 3.12. The lowest BCUT2D eigenvalue weighted by Gasteiger charge is -2.04. The van der Waals surface area contributed by atoms with Crippen molar-refractivity contribution < 1.29 is 4.79 Å². The van der Waals surface area contributed by atoms with Crippen LogP contribution in [0.4, 0.5) is 5.69 Å². The van der Waals surface area contributed by atoms with E-state index in [0.717, 1.165) is 24.1 Å². The molecule has 0 saturated carbocycles. The molecule has 1 heterocycles. The highest BCUT2D eigenvalue weighted by Crippen LogP contribution is 2.16. The molecule has 2 rings (SSSR count). The zero-order chi connectivity index (χ0) is 14.4. The number of nitrogens with two attached hydrogens (primary N) is 1. The highest BCUT2D eigenvalue weighted by Gasteiger charge is 2.04. The van der Waals surface area contributed by atoms with Gasteiger partial charge in [-0.05, 0) is 42.7 Å². The number of nitrogen functional groups attached to an aromatic ring is 1. The first-order valence-corrected chi connectivity index (χ1v) is 7.67. The van der Waals surface area contributed by atoms with Crippen LogP contribution in [0.25, 0.3) is 0 Å². The summed E-state index contributed by atoms with van der Waals surface area (Å²) in [5.74, 6) is 0.0823. The van der Waals surface area contributed by atoms with Crippen molar-refractivity contribution in [2.45, 2.75) is 32.7 Å². The summed E-state index contributed by atoms with van der Waals surface area (Å²) >= 11 is 1.76. The van der Waals surface area contributed by atoms with Crippen molar-refractivity contribution in [3.8, 4) is 0 Å². The summed E-state index contributed by atoms with van der Waals surface area (Å²) in [6, 6.07) is 11.9. The van der Waals surface area contributed by atoms with Crippen molar-refractivity contribution in [3.05, 3.63) is 51.7 Å². The van der Waals surface area contributed by atoms with Crippen LogP contribution in [0.15, 0.2) is 36.4 Å². The maximum Gasteiger partial charge on any atom is 0.220 e. The number of rotatable bonds is 6. The Labute approximate surface area is 123 Å². The Morgan fingerprint density at radius 2 is 2.05 bits per heavy atom. The van der Waals surface area contributed by atoms with Crippen molar-refractivity contribution in [3.63, 3.8) is 0 Å². The molecular formula is C16H20N2OS. The summed E-state index contributed by atoms with van der Waals surface area (Å²) in [5.41, 5.74) is 7.56. The lowest BCUT2D eigenvalue weighted by Crippen LogP contribution is -2.22. The molecule has 3 nitrogen and oxygen atoms in total. The highest BCUT2D eigenvalue weighted by atomic mass is 32.1. The van der Waals surface area contributed by atoms with Gasteiger partial charge in [0.25, 0.3) is 0 Å². The Hall–Kier alpha value is -1.81. The molecule has 20 heavy (non-hydrogen) atoms. The number of anilines is 1. The largest absolute Gasteiger partial charge is 0.399 e. The molecule has 106 valence electrons. The minimum atomic E-state index is 0.0823. The average molecular weight is 288 g/mol. The first-order valence-electron chi connectivity index (χ1n) is 6.86. The van der Waals surface area contributed by atoms with Gasteiger partial charge in [-0.3, -0.25) is 4.79 Å². The van der Waals surface area contributed by atoms with Crippen LogP contribution in [-0.2, 0) is 24.2 Å². The molecule has 1 aromatic carbocycles. The topological polar surface area (TPSA) is 55.1 Å². The molecule has 4 heteroatoms. The third kappa shape index (κ3) is 4.38. The van der Waals surface area contributed by atoms with Gasteiger partial charge in [-0.2, -0.15) is 0 Å². The van der Waals surface area contributed by atoms with Crippen molar-refractivity contribution >= 4 is 22.9 Å². The predicted octanol–water partition coefficient (Wildman–Crippen LogP) is 3.14. The van der Waals surface area contributed by atoms with E-state index in [-0.39, 0.29) is 5.91 Å².